The minimum atomic E-state index is 0.146. The molecule has 0 bridgehead atoms. The highest BCUT2D eigenvalue weighted by molar-refractivity contribution is 4.91. The van der Waals surface area contributed by atoms with Gasteiger partial charge in [-0.05, 0) is 6.92 Å². The summed E-state index contributed by atoms with van der Waals surface area (Å²) in [4.78, 5) is 4.22. The van der Waals surface area contributed by atoms with Crippen molar-refractivity contribution in [2.75, 3.05) is 0 Å². The van der Waals surface area contributed by atoms with Gasteiger partial charge in [0, 0.05) is 18.9 Å². The maximum atomic E-state index is 5.59. The van der Waals surface area contributed by atoms with Crippen LogP contribution in [0.2, 0.25) is 0 Å². The van der Waals surface area contributed by atoms with Crippen LogP contribution in [0.15, 0.2) is 0 Å². The van der Waals surface area contributed by atoms with Crippen molar-refractivity contribution in [2.45, 2.75) is 32.7 Å². The second kappa shape index (κ2) is 3.48. The Kier molecular flexibility index (Phi) is 2.59. The predicted octanol–water partition coefficient (Wildman–Crippen LogP) is 0.257. The van der Waals surface area contributed by atoms with Crippen LogP contribution in [0.25, 0.3) is 0 Å². The predicted molar refractivity (Wildman–Crippen MR) is 43.1 cm³/mol. The molecule has 1 aromatic heterocycles. The zero-order chi connectivity index (χ0) is 8.27. The number of hydrogen-bond donors (Lipinski definition) is 2. The summed E-state index contributed by atoms with van der Waals surface area (Å²) < 4.78 is 0. The number of rotatable bonds is 3. The van der Waals surface area contributed by atoms with E-state index in [9.17, 15) is 0 Å². The molecule has 0 saturated heterocycles. The highest BCUT2D eigenvalue weighted by Gasteiger charge is 2.02. The van der Waals surface area contributed by atoms with Gasteiger partial charge in [0.15, 0.2) is 0 Å². The molecule has 1 aromatic rings. The molecule has 0 aliphatic heterocycles. The van der Waals surface area contributed by atoms with Crippen molar-refractivity contribution in [3.8, 4) is 0 Å². The Labute approximate surface area is 66.2 Å². The number of H-pyrrole nitrogens is 1. The lowest BCUT2D eigenvalue weighted by Crippen LogP contribution is -2.18. The third-order valence-corrected chi connectivity index (χ3v) is 1.41. The summed E-state index contributed by atoms with van der Waals surface area (Å²) in [5.74, 6) is 1.75. The zero-order valence-electron chi connectivity index (χ0n) is 6.96. The largest absolute Gasteiger partial charge is 0.328 e. The molecule has 1 heterocycles. The van der Waals surface area contributed by atoms with Gasteiger partial charge in [-0.25, -0.2) is 4.98 Å². The Bertz CT molecular complexity index is 216. The third-order valence-electron chi connectivity index (χ3n) is 1.41. The summed E-state index contributed by atoms with van der Waals surface area (Å²) >= 11 is 0. The number of nitrogens with two attached hydrogens (primary N) is 1. The first-order valence-electron chi connectivity index (χ1n) is 3.88. The van der Waals surface area contributed by atoms with Gasteiger partial charge in [0.25, 0.3) is 0 Å². The molecule has 4 heteroatoms. The van der Waals surface area contributed by atoms with Crippen molar-refractivity contribution in [2.24, 2.45) is 5.73 Å². The first-order chi connectivity index (χ1) is 5.22. The Morgan fingerprint density at radius 1 is 1.64 bits per heavy atom. The summed E-state index contributed by atoms with van der Waals surface area (Å²) in [6.45, 7) is 3.98. The number of nitrogens with zero attached hydrogens (tertiary/aromatic N) is 2. The zero-order valence-corrected chi connectivity index (χ0v) is 6.96. The lowest BCUT2D eigenvalue weighted by molar-refractivity contribution is 0.704. The molecule has 0 aromatic carbocycles. The maximum absolute atomic E-state index is 5.59. The van der Waals surface area contributed by atoms with Gasteiger partial charge in [0.2, 0.25) is 0 Å². The fourth-order valence-corrected chi connectivity index (χ4v) is 0.889. The van der Waals surface area contributed by atoms with Gasteiger partial charge in [0.05, 0.1) is 0 Å². The normalized spacial score (nSPS) is 13.4. The SMILES string of the molecule is CCc1n[nH]c(CC(C)N)n1. The molecule has 0 amide bonds. The monoisotopic (exact) mass is 154 g/mol. The van der Waals surface area contributed by atoms with Crippen molar-refractivity contribution < 1.29 is 0 Å². The van der Waals surface area contributed by atoms with Crippen molar-refractivity contribution in [3.05, 3.63) is 11.6 Å². The number of aromatic nitrogens is 3. The quantitative estimate of drug-likeness (QED) is 0.656. The van der Waals surface area contributed by atoms with Crippen LogP contribution in [0.3, 0.4) is 0 Å². The van der Waals surface area contributed by atoms with Crippen LogP contribution in [0.5, 0.6) is 0 Å². The van der Waals surface area contributed by atoms with Crippen LogP contribution >= 0.6 is 0 Å². The minimum absolute atomic E-state index is 0.146. The fourth-order valence-electron chi connectivity index (χ4n) is 0.889. The van der Waals surface area contributed by atoms with Crippen LogP contribution < -0.4 is 5.73 Å². The van der Waals surface area contributed by atoms with Crippen LogP contribution in [0, 0.1) is 0 Å². The molecule has 0 spiro atoms. The summed E-state index contributed by atoms with van der Waals surface area (Å²) in [5.41, 5.74) is 5.59. The molecule has 0 radical (unpaired) electrons. The van der Waals surface area contributed by atoms with Crippen LogP contribution in [0.4, 0.5) is 0 Å². The second-order valence-corrected chi connectivity index (χ2v) is 2.73. The van der Waals surface area contributed by atoms with Crippen molar-refractivity contribution in [3.63, 3.8) is 0 Å². The number of nitrogens with one attached hydrogen (secondary N) is 1. The van der Waals surface area contributed by atoms with Gasteiger partial charge >= 0.3 is 0 Å². The van der Waals surface area contributed by atoms with Gasteiger partial charge in [-0.1, -0.05) is 6.92 Å². The average molecular weight is 154 g/mol. The van der Waals surface area contributed by atoms with E-state index in [0.717, 1.165) is 24.5 Å². The second-order valence-electron chi connectivity index (χ2n) is 2.73. The van der Waals surface area contributed by atoms with Gasteiger partial charge < -0.3 is 5.73 Å². The van der Waals surface area contributed by atoms with Crippen molar-refractivity contribution in [1.29, 1.82) is 0 Å². The molecule has 62 valence electrons. The van der Waals surface area contributed by atoms with Crippen LogP contribution in [-0.4, -0.2) is 21.2 Å². The molecule has 0 aliphatic rings. The van der Waals surface area contributed by atoms with Crippen molar-refractivity contribution >= 4 is 0 Å². The smallest absolute Gasteiger partial charge is 0.150 e. The molecule has 0 saturated carbocycles. The Morgan fingerprint density at radius 2 is 2.36 bits per heavy atom. The van der Waals surface area contributed by atoms with Crippen LogP contribution in [0.1, 0.15) is 25.5 Å². The maximum Gasteiger partial charge on any atom is 0.150 e. The molecule has 0 fully saturated rings. The molecule has 1 atom stereocenters. The van der Waals surface area contributed by atoms with E-state index in [2.05, 4.69) is 15.2 Å². The van der Waals surface area contributed by atoms with Crippen LogP contribution in [-0.2, 0) is 12.8 Å². The van der Waals surface area contributed by atoms with Crippen molar-refractivity contribution in [1.82, 2.24) is 15.2 Å². The number of aromatic amines is 1. The summed E-state index contributed by atoms with van der Waals surface area (Å²) in [6.07, 6.45) is 1.64. The number of hydrogen-bond acceptors (Lipinski definition) is 3. The first kappa shape index (κ1) is 8.20. The van der Waals surface area contributed by atoms with E-state index in [1.54, 1.807) is 0 Å². The van der Waals surface area contributed by atoms with E-state index in [0.29, 0.717) is 0 Å². The van der Waals surface area contributed by atoms with E-state index in [1.807, 2.05) is 13.8 Å². The van der Waals surface area contributed by atoms with Gasteiger partial charge in [-0.2, -0.15) is 5.10 Å². The topological polar surface area (TPSA) is 67.6 Å². The molecule has 1 rings (SSSR count). The highest BCUT2D eigenvalue weighted by Crippen LogP contribution is 1.95. The highest BCUT2D eigenvalue weighted by atomic mass is 15.2. The molecule has 3 N–H and O–H groups in total. The lowest BCUT2D eigenvalue weighted by Gasteiger charge is -1.98. The average Bonchev–Trinajstić information content (AvgIpc) is 2.34. The third kappa shape index (κ3) is 2.31. The standard InChI is InChI=1S/C7H14N4/c1-3-6-9-7(11-10-6)4-5(2)8/h5H,3-4,8H2,1-2H3,(H,9,10,11). The van der Waals surface area contributed by atoms with Gasteiger partial charge in [-0.3, -0.25) is 5.10 Å². The molecule has 0 aliphatic carbocycles. The molecule has 11 heavy (non-hydrogen) atoms. The Hall–Kier alpha value is -0.900. The Morgan fingerprint density at radius 3 is 2.82 bits per heavy atom. The minimum Gasteiger partial charge on any atom is -0.328 e. The number of aryl methyl sites for hydroxylation is 1. The molecule has 1 unspecified atom stereocenters. The molecular weight excluding hydrogens is 140 g/mol. The first-order valence-corrected chi connectivity index (χ1v) is 3.88. The summed E-state index contributed by atoms with van der Waals surface area (Å²) in [5, 5.41) is 6.84. The Balaban J connectivity index is 2.58. The van der Waals surface area contributed by atoms with Gasteiger partial charge in [-0.15, -0.1) is 0 Å². The molecule has 4 nitrogen and oxygen atoms in total. The van der Waals surface area contributed by atoms with E-state index >= 15 is 0 Å². The fraction of sp³-hybridized carbons (Fsp3) is 0.714. The summed E-state index contributed by atoms with van der Waals surface area (Å²) in [6, 6.07) is 0.146. The molecular formula is C7H14N4. The van der Waals surface area contributed by atoms with Gasteiger partial charge in [0.1, 0.15) is 11.6 Å². The lowest BCUT2D eigenvalue weighted by atomic mass is 10.2. The van der Waals surface area contributed by atoms with E-state index in [-0.39, 0.29) is 6.04 Å². The van der Waals surface area contributed by atoms with E-state index < -0.39 is 0 Å². The van der Waals surface area contributed by atoms with E-state index in [1.165, 1.54) is 0 Å². The van der Waals surface area contributed by atoms with E-state index in [4.69, 9.17) is 5.73 Å². The summed E-state index contributed by atoms with van der Waals surface area (Å²) in [7, 11) is 0.